The molecule has 2 fully saturated rings. The average Bonchev–Trinajstić information content (AvgIpc) is 2.97. The largest absolute Gasteiger partial charge is 0.446 e. The lowest BCUT2D eigenvalue weighted by molar-refractivity contribution is -0.241. The van der Waals surface area contributed by atoms with E-state index < -0.39 is 42.2 Å². The first-order valence-electron chi connectivity index (χ1n) is 6.72. The monoisotopic (exact) mass is 331 g/mol. The molecule has 3 rings (SSSR count). The summed E-state index contributed by atoms with van der Waals surface area (Å²) in [7, 11) is 0. The summed E-state index contributed by atoms with van der Waals surface area (Å²) in [5, 5.41) is 50.6. The van der Waals surface area contributed by atoms with E-state index in [1.807, 2.05) is 0 Å². The first-order chi connectivity index (χ1) is 10.7. The number of hydrogen-bond donors (Lipinski definition) is 8. The fraction of sp³-hybridized carbons (Fsp3) is 0.700. The molecule has 128 valence electrons. The lowest BCUT2D eigenvalue weighted by Gasteiger charge is -2.52. The maximum Gasteiger partial charge on any atom is 0.431 e. The van der Waals surface area contributed by atoms with Crippen LogP contribution in [-0.4, -0.2) is 85.3 Å². The number of ether oxygens (including phenoxy) is 1. The highest BCUT2D eigenvalue weighted by molar-refractivity contribution is 5.86. The highest BCUT2D eigenvalue weighted by atomic mass is 16.6. The van der Waals surface area contributed by atoms with Crippen LogP contribution in [-0.2, 0) is 4.74 Å². The zero-order valence-corrected chi connectivity index (χ0v) is 11.8. The van der Waals surface area contributed by atoms with Gasteiger partial charge in [0.25, 0.3) is 0 Å². The third-order valence-electron chi connectivity index (χ3n) is 4.37. The van der Waals surface area contributed by atoms with Crippen LogP contribution in [0.5, 0.6) is 0 Å². The molecule has 0 unspecified atom stereocenters. The van der Waals surface area contributed by atoms with Crippen molar-refractivity contribution in [1.82, 2.24) is 20.8 Å². The average molecular weight is 331 g/mol. The van der Waals surface area contributed by atoms with Crippen LogP contribution in [0, 0.1) is 5.41 Å². The van der Waals surface area contributed by atoms with Crippen molar-refractivity contribution >= 4 is 18.0 Å². The summed E-state index contributed by atoms with van der Waals surface area (Å²) in [5.41, 5.74) is 5.26. The summed E-state index contributed by atoms with van der Waals surface area (Å²) >= 11 is 0. The van der Waals surface area contributed by atoms with Gasteiger partial charge in [0, 0.05) is 13.0 Å². The number of rotatable bonds is 2. The Kier molecular flexibility index (Phi) is 3.26. The predicted octanol–water partition coefficient (Wildman–Crippen LogP) is -3.52. The van der Waals surface area contributed by atoms with Gasteiger partial charge in [0.05, 0.1) is 0 Å². The Balaban J connectivity index is 1.98. The molecule has 2 saturated heterocycles. The van der Waals surface area contributed by atoms with Crippen LogP contribution in [0.3, 0.4) is 0 Å². The third kappa shape index (κ3) is 1.91. The van der Waals surface area contributed by atoms with Crippen molar-refractivity contribution in [3.63, 3.8) is 0 Å². The molecule has 3 heterocycles. The number of aliphatic imine (C=N–C) groups is 1. The van der Waals surface area contributed by atoms with Crippen molar-refractivity contribution in [2.24, 2.45) is 10.7 Å². The third-order valence-corrected chi connectivity index (χ3v) is 4.37. The second kappa shape index (κ2) is 4.82. The summed E-state index contributed by atoms with van der Waals surface area (Å²) in [4.78, 5) is 16.3. The van der Waals surface area contributed by atoms with E-state index in [0.717, 1.165) is 0 Å². The molecule has 3 aliphatic heterocycles. The second-order valence-electron chi connectivity index (χ2n) is 5.51. The maximum atomic E-state index is 11.0. The van der Waals surface area contributed by atoms with Crippen LogP contribution in [0.4, 0.5) is 4.79 Å². The smallest absolute Gasteiger partial charge is 0.431 e. The van der Waals surface area contributed by atoms with Gasteiger partial charge in [0.1, 0.15) is 18.7 Å². The summed E-state index contributed by atoms with van der Waals surface area (Å²) in [6, 6.07) is -2.17. The van der Waals surface area contributed by atoms with E-state index in [1.54, 1.807) is 0 Å². The fourth-order valence-electron chi connectivity index (χ4n) is 3.37. The van der Waals surface area contributed by atoms with E-state index in [2.05, 4.69) is 15.0 Å². The lowest BCUT2D eigenvalue weighted by atomic mass is 9.86. The minimum Gasteiger partial charge on any atom is -0.446 e. The number of nitrogens with one attached hydrogen (secondary N) is 3. The lowest BCUT2D eigenvalue weighted by Crippen LogP contribution is -2.80. The van der Waals surface area contributed by atoms with Gasteiger partial charge in [0.15, 0.2) is 11.6 Å². The van der Waals surface area contributed by atoms with Crippen molar-refractivity contribution < 1.29 is 30.2 Å². The van der Waals surface area contributed by atoms with Crippen LogP contribution >= 0.6 is 0 Å². The number of carbonyl (C=O) groups excluding carboxylic acids is 1. The molecule has 9 N–H and O–H groups in total. The Morgan fingerprint density at radius 3 is 2.96 bits per heavy atom. The molecule has 0 saturated carbocycles. The normalized spacial score (nSPS) is 34.4. The summed E-state index contributed by atoms with van der Waals surface area (Å²) in [6.07, 6.45) is -1.28. The van der Waals surface area contributed by atoms with Gasteiger partial charge in [0.2, 0.25) is 11.7 Å². The number of amides is 1. The molecule has 0 aromatic carbocycles. The molecule has 0 bridgehead atoms. The highest BCUT2D eigenvalue weighted by Crippen LogP contribution is 2.45. The van der Waals surface area contributed by atoms with Gasteiger partial charge in [-0.25, -0.2) is 20.3 Å². The number of nitrogens with zero attached hydrogens (tertiary/aromatic N) is 3. The van der Waals surface area contributed by atoms with Crippen LogP contribution < -0.4 is 16.5 Å². The first kappa shape index (κ1) is 15.5. The number of hydrogen-bond acceptors (Lipinski definition) is 10. The van der Waals surface area contributed by atoms with E-state index in [-0.39, 0.29) is 18.9 Å². The van der Waals surface area contributed by atoms with Crippen molar-refractivity contribution in [2.75, 3.05) is 13.2 Å². The van der Waals surface area contributed by atoms with Gasteiger partial charge >= 0.3 is 6.09 Å². The standard InChI is InChI=1S/C10H17N7O6/c11-6-13-5-4(3-23-8(18)15-21)17(22)7(12)16-2-1-9(19,20)10(5,16)14-6/h4-5,12,19-22H,1-3H2,(H,15,18)(H3,11,13,14)/t4-,5-,10-/m0/s1. The molecule has 0 aliphatic carbocycles. The molecule has 1 amide bonds. The Bertz CT molecular complexity index is 582. The molecule has 0 radical (unpaired) electrons. The molecular formula is C10H17N7O6. The Labute approximate surface area is 129 Å². The van der Waals surface area contributed by atoms with E-state index in [1.165, 1.54) is 10.4 Å². The number of carbonyl (C=O) groups is 1. The molecule has 23 heavy (non-hydrogen) atoms. The summed E-state index contributed by atoms with van der Waals surface area (Å²) in [6.45, 7) is -0.417. The fourth-order valence-corrected chi connectivity index (χ4v) is 3.37. The van der Waals surface area contributed by atoms with E-state index in [4.69, 9.17) is 16.4 Å². The van der Waals surface area contributed by atoms with Crippen molar-refractivity contribution in [1.29, 1.82) is 5.41 Å². The Morgan fingerprint density at radius 2 is 2.30 bits per heavy atom. The molecule has 13 nitrogen and oxygen atoms in total. The van der Waals surface area contributed by atoms with Crippen LogP contribution in [0.25, 0.3) is 0 Å². The number of guanidine groups is 2. The summed E-state index contributed by atoms with van der Waals surface area (Å²) < 4.78 is 4.69. The Morgan fingerprint density at radius 1 is 1.61 bits per heavy atom. The minimum absolute atomic E-state index is 0.0693. The second-order valence-corrected chi connectivity index (χ2v) is 5.51. The van der Waals surface area contributed by atoms with Gasteiger partial charge in [-0.3, -0.25) is 15.8 Å². The molecule has 13 heteroatoms. The first-order valence-corrected chi connectivity index (χ1v) is 6.72. The minimum atomic E-state index is -2.28. The topological polar surface area (TPSA) is 200 Å². The van der Waals surface area contributed by atoms with Crippen LogP contribution in [0.2, 0.25) is 0 Å². The van der Waals surface area contributed by atoms with E-state index >= 15 is 0 Å². The molecule has 1 spiro atoms. The zero-order chi connectivity index (χ0) is 17.0. The van der Waals surface area contributed by atoms with E-state index in [9.17, 15) is 20.2 Å². The van der Waals surface area contributed by atoms with Gasteiger partial charge < -0.3 is 30.9 Å². The van der Waals surface area contributed by atoms with Crippen molar-refractivity contribution in [3.8, 4) is 0 Å². The predicted molar refractivity (Wildman–Crippen MR) is 71.2 cm³/mol. The van der Waals surface area contributed by atoms with Gasteiger partial charge in [-0.2, -0.15) is 0 Å². The van der Waals surface area contributed by atoms with Gasteiger partial charge in [-0.05, 0) is 0 Å². The quantitative estimate of drug-likeness (QED) is 0.142. The molecule has 3 aliphatic rings. The SMILES string of the molecule is N=C1N(O)[C@@H](COC(=O)NO)[C@@H]2N=C(N)N[C@]23N1CCC3(O)O. The Hall–Kier alpha value is -2.35. The molecular weight excluding hydrogens is 314 g/mol. The zero-order valence-electron chi connectivity index (χ0n) is 11.8. The number of nitrogens with two attached hydrogens (primary N) is 1. The van der Waals surface area contributed by atoms with Crippen LogP contribution in [0.15, 0.2) is 4.99 Å². The van der Waals surface area contributed by atoms with Gasteiger partial charge in [-0.15, -0.1) is 0 Å². The van der Waals surface area contributed by atoms with E-state index in [0.29, 0.717) is 5.06 Å². The number of hydroxylamine groups is 3. The molecule has 0 aromatic heterocycles. The highest BCUT2D eigenvalue weighted by Gasteiger charge is 2.71. The molecule has 3 atom stereocenters. The van der Waals surface area contributed by atoms with Crippen molar-refractivity contribution in [2.45, 2.75) is 30.0 Å². The maximum absolute atomic E-state index is 11.0. The number of aliphatic hydroxyl groups is 2. The van der Waals surface area contributed by atoms with Crippen LogP contribution in [0.1, 0.15) is 6.42 Å². The summed E-state index contributed by atoms with van der Waals surface area (Å²) in [5.74, 6) is -2.82. The van der Waals surface area contributed by atoms with Gasteiger partial charge in [-0.1, -0.05) is 0 Å². The van der Waals surface area contributed by atoms with Crippen molar-refractivity contribution in [3.05, 3.63) is 0 Å². The molecule has 0 aromatic rings.